The molecule has 0 radical (unpaired) electrons. The topological polar surface area (TPSA) is 123 Å². The summed E-state index contributed by atoms with van der Waals surface area (Å²) in [6.45, 7) is 3.15. The molecule has 0 bridgehead atoms. The molecule has 9 nitrogen and oxygen atoms in total. The monoisotopic (exact) mass is 470 g/mol. The molecule has 1 amide bonds. The van der Waals surface area contributed by atoms with Crippen molar-refractivity contribution in [1.82, 2.24) is 5.32 Å². The van der Waals surface area contributed by atoms with E-state index in [4.69, 9.17) is 14.2 Å². The first kappa shape index (κ1) is 24.9. The summed E-state index contributed by atoms with van der Waals surface area (Å²) in [7, 11) is 4.59. The zero-order chi connectivity index (χ0) is 25.0. The first-order chi connectivity index (χ1) is 16.2. The quantitative estimate of drug-likeness (QED) is 0.538. The molecule has 1 unspecified atom stereocenters. The lowest BCUT2D eigenvalue weighted by molar-refractivity contribution is -0.138. The van der Waals surface area contributed by atoms with Crippen LogP contribution in [-0.4, -0.2) is 44.4 Å². The number of carboxylic acid groups (broad SMARTS) is 1. The largest absolute Gasteiger partial charge is 0.493 e. The fourth-order valence-electron chi connectivity index (χ4n) is 4.35. The predicted molar refractivity (Wildman–Crippen MR) is 128 cm³/mol. The first-order valence-corrected chi connectivity index (χ1v) is 11.0. The van der Waals surface area contributed by atoms with Crippen LogP contribution in [0.25, 0.3) is 11.1 Å². The molecule has 0 fully saturated rings. The van der Waals surface area contributed by atoms with Crippen LogP contribution in [0.2, 0.25) is 0 Å². The molecule has 0 spiro atoms. The van der Waals surface area contributed by atoms with Gasteiger partial charge in [0.05, 0.1) is 33.1 Å². The van der Waals surface area contributed by atoms with Crippen molar-refractivity contribution in [2.24, 2.45) is 0 Å². The van der Waals surface area contributed by atoms with Gasteiger partial charge in [-0.15, -0.1) is 0 Å². The molecule has 34 heavy (non-hydrogen) atoms. The van der Waals surface area contributed by atoms with Gasteiger partial charge in [0.15, 0.2) is 11.5 Å². The number of carbonyl (C=O) groups excluding carboxylic acids is 1. The van der Waals surface area contributed by atoms with Crippen molar-refractivity contribution in [2.45, 2.75) is 45.2 Å². The molecule has 3 rings (SSSR count). The summed E-state index contributed by atoms with van der Waals surface area (Å²) < 4.78 is 16.8. The molecular weight excluding hydrogens is 440 g/mol. The number of carboxylic acids is 1. The second-order valence-corrected chi connectivity index (χ2v) is 8.04. The lowest BCUT2D eigenvalue weighted by atomic mass is 9.95. The number of aliphatic carboxylic acids is 1. The molecule has 9 heteroatoms. The zero-order valence-electron chi connectivity index (χ0n) is 20.0. The van der Waals surface area contributed by atoms with Gasteiger partial charge >= 0.3 is 5.97 Å². The lowest BCUT2D eigenvalue weighted by Gasteiger charge is -2.19. The van der Waals surface area contributed by atoms with Crippen molar-refractivity contribution in [2.75, 3.05) is 26.6 Å². The Hall–Kier alpha value is -3.75. The standard InChI is InChI=1S/C25H30N2O7/c1-6-17(25(30)31)27-19-10-8-15-16(12-20(19)29)18(26-13(2)28)9-7-14-11-21(32-3)23(33-4)24(34-5)22(14)15/h8,10-12,17-18H,6-7,9H2,1-5H3,(H,26,28)(H,27,29)(H,30,31)/t17?,18-/m1/s1. The zero-order valence-corrected chi connectivity index (χ0v) is 20.0. The molecule has 2 aromatic rings. The molecule has 0 aliphatic heterocycles. The highest BCUT2D eigenvalue weighted by molar-refractivity contribution is 5.84. The van der Waals surface area contributed by atoms with Gasteiger partial charge in [-0.1, -0.05) is 13.0 Å². The Morgan fingerprint density at radius 1 is 1.12 bits per heavy atom. The van der Waals surface area contributed by atoms with E-state index in [1.807, 2.05) is 6.07 Å². The van der Waals surface area contributed by atoms with Crippen LogP contribution in [0.3, 0.4) is 0 Å². The minimum atomic E-state index is -1.05. The number of amides is 1. The van der Waals surface area contributed by atoms with E-state index >= 15 is 0 Å². The maximum Gasteiger partial charge on any atom is 0.326 e. The Bertz CT molecular complexity index is 1160. The van der Waals surface area contributed by atoms with Crippen molar-refractivity contribution in [1.29, 1.82) is 0 Å². The number of hydrogen-bond acceptors (Lipinski definition) is 7. The van der Waals surface area contributed by atoms with Crippen LogP contribution < -0.4 is 30.3 Å². The van der Waals surface area contributed by atoms with Gasteiger partial charge in [-0.2, -0.15) is 0 Å². The van der Waals surface area contributed by atoms with Gasteiger partial charge < -0.3 is 30.0 Å². The molecule has 3 N–H and O–H groups in total. The van der Waals surface area contributed by atoms with Crippen LogP contribution in [0.1, 0.15) is 43.9 Å². The Morgan fingerprint density at radius 3 is 2.38 bits per heavy atom. The minimum Gasteiger partial charge on any atom is -0.493 e. The van der Waals surface area contributed by atoms with E-state index in [-0.39, 0.29) is 17.0 Å². The van der Waals surface area contributed by atoms with E-state index in [1.54, 1.807) is 26.2 Å². The number of fused-ring (bicyclic) bond motifs is 3. The molecule has 182 valence electrons. The lowest BCUT2D eigenvalue weighted by Crippen LogP contribution is -2.30. The average molecular weight is 471 g/mol. The predicted octanol–water partition coefficient (Wildman–Crippen LogP) is 3.14. The third kappa shape index (κ3) is 4.78. The third-order valence-corrected chi connectivity index (χ3v) is 5.95. The summed E-state index contributed by atoms with van der Waals surface area (Å²) in [5.74, 6) is 0.105. The number of nitrogens with one attached hydrogen (secondary N) is 2. The van der Waals surface area contributed by atoms with E-state index in [0.717, 1.165) is 11.1 Å². The van der Waals surface area contributed by atoms with Crippen LogP contribution in [0.5, 0.6) is 17.2 Å². The van der Waals surface area contributed by atoms with Gasteiger partial charge in [-0.25, -0.2) is 4.79 Å². The van der Waals surface area contributed by atoms with Crippen LogP contribution in [0.4, 0.5) is 5.69 Å². The van der Waals surface area contributed by atoms with Crippen molar-refractivity contribution in [3.8, 4) is 28.4 Å². The molecule has 0 aromatic heterocycles. The fraction of sp³-hybridized carbons (Fsp3) is 0.400. The maximum absolute atomic E-state index is 13.2. The van der Waals surface area contributed by atoms with Crippen LogP contribution in [0.15, 0.2) is 29.1 Å². The number of methoxy groups -OCH3 is 3. The highest BCUT2D eigenvalue weighted by atomic mass is 16.5. The van der Waals surface area contributed by atoms with Gasteiger partial charge in [-0.05, 0) is 54.2 Å². The summed E-state index contributed by atoms with van der Waals surface area (Å²) in [6.07, 6.45) is 1.43. The summed E-state index contributed by atoms with van der Waals surface area (Å²) in [5.41, 5.74) is 2.71. The number of ether oxygens (including phenoxy) is 3. The molecule has 0 saturated heterocycles. The summed E-state index contributed by atoms with van der Waals surface area (Å²) in [4.78, 5) is 36.7. The normalized spacial score (nSPS) is 15.1. The third-order valence-electron chi connectivity index (χ3n) is 5.95. The van der Waals surface area contributed by atoms with Gasteiger partial charge in [0.1, 0.15) is 6.04 Å². The van der Waals surface area contributed by atoms with E-state index in [1.165, 1.54) is 27.2 Å². The van der Waals surface area contributed by atoms with Crippen molar-refractivity contribution < 1.29 is 28.9 Å². The summed E-state index contributed by atoms with van der Waals surface area (Å²) in [6, 6.07) is 5.31. The van der Waals surface area contributed by atoms with Crippen LogP contribution in [0, 0.1) is 0 Å². The molecule has 0 saturated carbocycles. The number of hydrogen-bond donors (Lipinski definition) is 3. The minimum absolute atomic E-state index is 0.157. The molecule has 1 aliphatic carbocycles. The van der Waals surface area contributed by atoms with Crippen molar-refractivity contribution >= 4 is 17.6 Å². The number of rotatable bonds is 8. The van der Waals surface area contributed by atoms with E-state index < -0.39 is 18.1 Å². The highest BCUT2D eigenvalue weighted by Gasteiger charge is 2.29. The molecular formula is C25H30N2O7. The molecule has 2 aromatic carbocycles. The Morgan fingerprint density at radius 2 is 1.82 bits per heavy atom. The van der Waals surface area contributed by atoms with Crippen molar-refractivity contribution in [3.63, 3.8) is 0 Å². The molecule has 0 heterocycles. The SMILES string of the molecule is CCC(Nc1ccc2c(cc1=O)[C@H](NC(C)=O)CCc1cc(OC)c(OC)c(OC)c1-2)C(=O)O. The van der Waals surface area contributed by atoms with Crippen LogP contribution >= 0.6 is 0 Å². The van der Waals surface area contributed by atoms with Gasteiger partial charge in [0.2, 0.25) is 17.1 Å². The fourth-order valence-corrected chi connectivity index (χ4v) is 4.35. The highest BCUT2D eigenvalue weighted by Crippen LogP contribution is 2.50. The van der Waals surface area contributed by atoms with E-state index in [9.17, 15) is 19.5 Å². The van der Waals surface area contributed by atoms with E-state index in [2.05, 4.69) is 10.6 Å². The van der Waals surface area contributed by atoms with Gasteiger partial charge in [0, 0.05) is 12.5 Å². The molecule has 2 atom stereocenters. The Balaban J connectivity index is 2.34. The summed E-state index contributed by atoms with van der Waals surface area (Å²) in [5, 5.41) is 15.2. The first-order valence-electron chi connectivity index (χ1n) is 11.0. The second kappa shape index (κ2) is 10.5. The van der Waals surface area contributed by atoms with Gasteiger partial charge in [-0.3, -0.25) is 9.59 Å². The van der Waals surface area contributed by atoms with Crippen LogP contribution in [-0.2, 0) is 16.0 Å². The Kier molecular flexibility index (Phi) is 7.65. The average Bonchev–Trinajstić information content (AvgIpc) is 3.04. The number of carbonyl (C=O) groups is 2. The van der Waals surface area contributed by atoms with Crippen molar-refractivity contribution in [3.05, 3.63) is 45.6 Å². The Labute approximate surface area is 198 Å². The molecule has 1 aliphatic rings. The number of benzene rings is 1. The number of aryl methyl sites for hydroxylation is 1. The second-order valence-electron chi connectivity index (χ2n) is 8.04. The smallest absolute Gasteiger partial charge is 0.326 e. The van der Waals surface area contributed by atoms with Gasteiger partial charge in [0.25, 0.3) is 0 Å². The number of anilines is 1. The maximum atomic E-state index is 13.2. The summed E-state index contributed by atoms with van der Waals surface area (Å²) >= 11 is 0. The van der Waals surface area contributed by atoms with E-state index in [0.29, 0.717) is 47.6 Å².